The average molecular weight is 578 g/mol. The zero-order chi connectivity index (χ0) is 27.2. The third-order valence-electron chi connectivity index (χ3n) is 8.11. The van der Waals surface area contributed by atoms with Crippen LogP contribution in [-0.2, 0) is 0 Å². The van der Waals surface area contributed by atoms with Gasteiger partial charge in [0.2, 0.25) is 0 Å². The van der Waals surface area contributed by atoms with Crippen LogP contribution in [0.5, 0.6) is 0 Å². The number of aliphatic imine (C=N–C) groups is 3. The summed E-state index contributed by atoms with van der Waals surface area (Å²) in [6.45, 7) is 10.9. The van der Waals surface area contributed by atoms with Crippen molar-refractivity contribution in [2.45, 2.75) is 47.5 Å². The predicted molar refractivity (Wildman–Crippen MR) is 163 cm³/mol. The Balaban J connectivity index is 1.58. The molecule has 0 atom stereocenters. The fourth-order valence-electron chi connectivity index (χ4n) is 6.41. The molecule has 0 spiro atoms. The second-order valence-electron chi connectivity index (χ2n) is 11.7. The number of aliphatic hydroxyl groups excluding tert-OH is 1. The molecule has 1 aromatic carbocycles. The van der Waals surface area contributed by atoms with Gasteiger partial charge in [0, 0.05) is 51.4 Å². The third kappa shape index (κ3) is 3.76. The van der Waals surface area contributed by atoms with E-state index < -0.39 is 0 Å². The normalized spacial score (nSPS) is 21.0. The minimum absolute atomic E-state index is 0.187. The topological polar surface area (TPSA) is 73.1 Å². The summed E-state index contributed by atoms with van der Waals surface area (Å²) in [4.78, 5) is 18.9. The van der Waals surface area contributed by atoms with Crippen LogP contribution in [0.25, 0.3) is 11.6 Å². The average Bonchev–Trinajstić information content (AvgIpc) is 3.66. The number of halogens is 1. The molecule has 5 aliphatic rings. The highest BCUT2D eigenvalue weighted by Crippen LogP contribution is 2.46. The van der Waals surface area contributed by atoms with Crippen LogP contribution in [-0.4, -0.2) is 27.2 Å². The molecular weight excluding hydrogens is 548 g/mol. The summed E-state index contributed by atoms with van der Waals surface area (Å²) < 4.78 is 0.908. The Morgan fingerprint density at radius 2 is 1.74 bits per heavy atom. The number of aromatic nitrogens is 1. The second-order valence-corrected chi connectivity index (χ2v) is 12.5. The molecular formula is C33H29BrN4O. The van der Waals surface area contributed by atoms with Gasteiger partial charge < -0.3 is 10.1 Å². The predicted octanol–water partition coefficient (Wildman–Crippen LogP) is 6.23. The number of rotatable bonds is 1. The van der Waals surface area contributed by atoms with E-state index in [1.54, 1.807) is 0 Å². The summed E-state index contributed by atoms with van der Waals surface area (Å²) >= 11 is 3.83. The van der Waals surface area contributed by atoms with Gasteiger partial charge in [-0.05, 0) is 89.8 Å². The van der Waals surface area contributed by atoms with Crippen LogP contribution < -0.4 is 10.7 Å². The number of fused-ring (bicyclic) bond motifs is 5. The summed E-state index contributed by atoms with van der Waals surface area (Å²) in [6, 6.07) is 8.64. The Morgan fingerprint density at radius 1 is 0.974 bits per heavy atom. The maximum Gasteiger partial charge on any atom is 0.106 e. The SMILES string of the molecule is Cc1cc(C)c(C2=c3ccc([nH]3)=CC3=NC(=C(Br)C4=NC(=C5CC(O)=C6C=C2N=C65)CC4(C)C)C=C3)c(C)c1. The van der Waals surface area contributed by atoms with Gasteiger partial charge in [-0.3, -0.25) is 4.99 Å². The van der Waals surface area contributed by atoms with Crippen molar-refractivity contribution in [3.05, 3.63) is 114 Å². The van der Waals surface area contributed by atoms with Crippen molar-refractivity contribution < 1.29 is 5.11 Å². The molecule has 2 aromatic rings. The van der Waals surface area contributed by atoms with Crippen LogP contribution in [0.15, 0.2) is 95.9 Å². The van der Waals surface area contributed by atoms with Crippen molar-refractivity contribution in [2.75, 3.05) is 0 Å². The number of allylic oxidation sites excluding steroid dienone is 8. The quantitative estimate of drug-likeness (QED) is 0.415. The van der Waals surface area contributed by atoms with E-state index in [4.69, 9.17) is 15.0 Å². The molecule has 2 N–H and O–H groups in total. The highest BCUT2D eigenvalue weighted by atomic mass is 79.9. The van der Waals surface area contributed by atoms with Crippen molar-refractivity contribution in [2.24, 2.45) is 20.4 Å². The van der Waals surface area contributed by atoms with Gasteiger partial charge in [0.05, 0.1) is 33.0 Å². The zero-order valence-electron chi connectivity index (χ0n) is 22.7. The zero-order valence-corrected chi connectivity index (χ0v) is 24.3. The van der Waals surface area contributed by atoms with Crippen molar-refractivity contribution >= 4 is 44.7 Å². The fraction of sp³-hybridized carbons (Fsp3) is 0.242. The molecule has 6 heteroatoms. The summed E-state index contributed by atoms with van der Waals surface area (Å²) in [5.41, 5.74) is 12.9. The number of aliphatic hydroxyl groups is 1. The number of aromatic amines is 1. The lowest BCUT2D eigenvalue weighted by Crippen LogP contribution is -2.20. The first-order valence-corrected chi connectivity index (χ1v) is 14.1. The smallest absolute Gasteiger partial charge is 0.106 e. The van der Waals surface area contributed by atoms with E-state index in [1.807, 2.05) is 18.2 Å². The first-order chi connectivity index (χ1) is 18.6. The lowest BCUT2D eigenvalue weighted by molar-refractivity contribution is 0.400. The largest absolute Gasteiger partial charge is 0.511 e. The Bertz CT molecular complexity index is 1890. The van der Waals surface area contributed by atoms with E-state index in [1.165, 1.54) is 16.7 Å². The number of nitrogens with zero attached hydrogens (tertiary/aromatic N) is 3. The van der Waals surface area contributed by atoms with Crippen molar-refractivity contribution in [3.63, 3.8) is 0 Å². The number of aryl methyl sites for hydroxylation is 3. The van der Waals surface area contributed by atoms with E-state index in [2.05, 4.69) is 85.9 Å². The molecule has 0 saturated carbocycles. The molecule has 5 nitrogen and oxygen atoms in total. The summed E-state index contributed by atoms with van der Waals surface area (Å²) in [6.07, 6.45) is 9.41. The van der Waals surface area contributed by atoms with Crippen LogP contribution in [0, 0.1) is 26.2 Å². The Labute approximate surface area is 236 Å². The highest BCUT2D eigenvalue weighted by molar-refractivity contribution is 9.12. The molecule has 39 heavy (non-hydrogen) atoms. The Hall–Kier alpha value is -3.77. The molecule has 194 valence electrons. The first-order valence-electron chi connectivity index (χ1n) is 13.3. The number of hydrogen-bond acceptors (Lipinski definition) is 4. The molecule has 5 heterocycles. The molecule has 1 aromatic heterocycles. The fourth-order valence-corrected chi connectivity index (χ4v) is 7.25. The molecule has 0 radical (unpaired) electrons. The van der Waals surface area contributed by atoms with Gasteiger partial charge in [0.25, 0.3) is 0 Å². The van der Waals surface area contributed by atoms with Crippen LogP contribution >= 0.6 is 15.9 Å². The van der Waals surface area contributed by atoms with E-state index in [9.17, 15) is 5.11 Å². The van der Waals surface area contributed by atoms with Crippen LogP contribution in [0.1, 0.15) is 48.9 Å². The van der Waals surface area contributed by atoms with Crippen molar-refractivity contribution in [1.82, 2.24) is 4.98 Å². The van der Waals surface area contributed by atoms with Gasteiger partial charge in [-0.2, -0.15) is 0 Å². The van der Waals surface area contributed by atoms with Crippen molar-refractivity contribution in [3.8, 4) is 0 Å². The first kappa shape index (κ1) is 24.3. The molecule has 0 amide bonds. The van der Waals surface area contributed by atoms with Gasteiger partial charge in [-0.25, -0.2) is 9.98 Å². The summed E-state index contributed by atoms with van der Waals surface area (Å²) in [5, 5.41) is 13.1. The Morgan fingerprint density at radius 3 is 2.51 bits per heavy atom. The van der Waals surface area contributed by atoms with Gasteiger partial charge >= 0.3 is 0 Å². The van der Waals surface area contributed by atoms with E-state index in [0.717, 1.165) is 78.1 Å². The monoisotopic (exact) mass is 576 g/mol. The second kappa shape index (κ2) is 8.36. The van der Waals surface area contributed by atoms with E-state index in [0.29, 0.717) is 12.2 Å². The number of benzene rings is 1. The number of nitrogens with one attached hydrogen (secondary N) is 1. The standard InChI is InChI=1S/C33H29BrN4O/c1-16-10-17(2)28(18(3)11-16)29-23-8-6-19(35-23)12-20-7-9-24(36-20)30(34)32-33(4,5)15-26(38-32)21-14-27(39)22-13-25(29)37-31(21)22/h6-13,35,39H,14-15H2,1-5H3. The van der Waals surface area contributed by atoms with E-state index >= 15 is 0 Å². The van der Waals surface area contributed by atoms with Gasteiger partial charge in [0.1, 0.15) is 5.76 Å². The minimum Gasteiger partial charge on any atom is -0.511 e. The van der Waals surface area contributed by atoms with E-state index in [-0.39, 0.29) is 5.41 Å². The molecule has 0 saturated heterocycles. The van der Waals surface area contributed by atoms with Gasteiger partial charge in [-0.1, -0.05) is 31.5 Å². The maximum absolute atomic E-state index is 11.1. The molecule has 0 unspecified atom stereocenters. The Kier molecular flexibility index (Phi) is 5.21. The van der Waals surface area contributed by atoms with Crippen molar-refractivity contribution in [1.29, 1.82) is 0 Å². The minimum atomic E-state index is -0.187. The highest BCUT2D eigenvalue weighted by Gasteiger charge is 2.40. The lowest BCUT2D eigenvalue weighted by atomic mass is 9.84. The molecule has 8 bridgehead atoms. The molecule has 1 aliphatic carbocycles. The summed E-state index contributed by atoms with van der Waals surface area (Å²) in [5.74, 6) is 0.358. The van der Waals surface area contributed by atoms with Crippen LogP contribution in [0.3, 0.4) is 0 Å². The number of H-pyrrole nitrogens is 1. The summed E-state index contributed by atoms with van der Waals surface area (Å²) in [7, 11) is 0. The molecule has 7 rings (SSSR count). The molecule has 0 fully saturated rings. The number of hydrogen-bond donors (Lipinski definition) is 2. The van der Waals surface area contributed by atoms with Gasteiger partial charge in [0.15, 0.2) is 0 Å². The van der Waals surface area contributed by atoms with Crippen LogP contribution in [0.2, 0.25) is 0 Å². The van der Waals surface area contributed by atoms with Crippen LogP contribution in [0.4, 0.5) is 0 Å². The maximum atomic E-state index is 11.1. The molecule has 4 aliphatic heterocycles. The lowest BCUT2D eigenvalue weighted by Gasteiger charge is -2.20. The van der Waals surface area contributed by atoms with Gasteiger partial charge in [-0.15, -0.1) is 0 Å². The third-order valence-corrected chi connectivity index (χ3v) is 8.90.